The Hall–Kier alpha value is -4.60. The molecule has 0 unspecified atom stereocenters. The number of carbonyl (C=O) groups excluding carboxylic acids is 2. The molecule has 0 bridgehead atoms. The van der Waals surface area contributed by atoms with Gasteiger partial charge in [0.25, 0.3) is 5.76 Å². The highest BCUT2D eigenvalue weighted by Crippen LogP contribution is 2.38. The zero-order valence-electron chi connectivity index (χ0n) is 21.3. The summed E-state index contributed by atoms with van der Waals surface area (Å²) in [5.41, 5.74) is -0.279. The van der Waals surface area contributed by atoms with Crippen LogP contribution in [0.1, 0.15) is 52.8 Å². The predicted octanol–water partition coefficient (Wildman–Crippen LogP) is 6.91. The third-order valence-electron chi connectivity index (χ3n) is 5.77. The summed E-state index contributed by atoms with van der Waals surface area (Å²) in [6.45, 7) is 6.07. The summed E-state index contributed by atoms with van der Waals surface area (Å²) in [5.74, 6) is -4.38. The number of methoxy groups -OCH3 is 1. The quantitative estimate of drug-likeness (QED) is 0.201. The third kappa shape index (κ3) is 5.95. The molecule has 1 heterocycles. The molecule has 202 valence electrons. The number of hydrogen-bond donors (Lipinski definition) is 0. The lowest BCUT2D eigenvalue weighted by Crippen LogP contribution is -2.16. The van der Waals surface area contributed by atoms with Crippen molar-refractivity contribution in [3.63, 3.8) is 0 Å². The Morgan fingerprint density at radius 3 is 1.92 bits per heavy atom. The van der Waals surface area contributed by atoms with E-state index >= 15 is 0 Å². The zero-order chi connectivity index (χ0) is 28.5. The standard InChI is InChI=1S/C29H23F3O7/c1-28(2,3)18-9-5-17(6-10-18)27(35)38-20-13-14-21-22(15-20)39-25(29(30,31)32)24(23(21)33)37-19-11-7-16(8-12-19)26(34)36-4/h5-15H,1-4H3. The largest absolute Gasteiger partial charge is 0.465 e. The first-order chi connectivity index (χ1) is 18.3. The molecule has 0 aliphatic heterocycles. The molecule has 0 N–H and O–H groups in total. The summed E-state index contributed by atoms with van der Waals surface area (Å²) < 4.78 is 61.8. The number of alkyl halides is 3. The molecule has 0 aliphatic rings. The molecule has 0 saturated carbocycles. The second kappa shape index (κ2) is 10.3. The number of carbonyl (C=O) groups is 2. The lowest BCUT2D eigenvalue weighted by Gasteiger charge is -2.18. The van der Waals surface area contributed by atoms with E-state index in [2.05, 4.69) is 4.74 Å². The SMILES string of the molecule is COC(=O)c1ccc(Oc2c(C(F)(F)F)oc3cc(OC(=O)c4ccc(C(C)(C)C)cc4)ccc3c2=O)cc1. The van der Waals surface area contributed by atoms with E-state index in [0.717, 1.165) is 11.6 Å². The second-order valence-corrected chi connectivity index (χ2v) is 9.58. The average Bonchev–Trinajstić information content (AvgIpc) is 2.89. The van der Waals surface area contributed by atoms with Crippen LogP contribution in [-0.2, 0) is 16.3 Å². The first-order valence-corrected chi connectivity index (χ1v) is 11.6. The van der Waals surface area contributed by atoms with Gasteiger partial charge < -0.3 is 18.6 Å². The van der Waals surface area contributed by atoms with Crippen molar-refractivity contribution in [2.45, 2.75) is 32.4 Å². The van der Waals surface area contributed by atoms with Crippen LogP contribution in [0.3, 0.4) is 0 Å². The Morgan fingerprint density at radius 1 is 0.795 bits per heavy atom. The minimum absolute atomic E-state index is 0.115. The molecule has 0 radical (unpaired) electrons. The molecule has 0 spiro atoms. The average molecular weight is 540 g/mol. The smallest absolute Gasteiger partial charge is 0.453 e. The van der Waals surface area contributed by atoms with Crippen molar-refractivity contribution in [2.75, 3.05) is 7.11 Å². The molecule has 0 saturated heterocycles. The topological polar surface area (TPSA) is 92.0 Å². The van der Waals surface area contributed by atoms with E-state index < -0.39 is 40.6 Å². The Balaban J connectivity index is 1.66. The highest BCUT2D eigenvalue weighted by molar-refractivity contribution is 5.92. The fraction of sp³-hybridized carbons (Fsp3) is 0.207. The van der Waals surface area contributed by atoms with Crippen LogP contribution in [0.15, 0.2) is 75.9 Å². The van der Waals surface area contributed by atoms with Gasteiger partial charge in [0.05, 0.1) is 23.6 Å². The van der Waals surface area contributed by atoms with Gasteiger partial charge >= 0.3 is 18.1 Å². The maximum Gasteiger partial charge on any atom is 0.453 e. The first kappa shape index (κ1) is 27.4. The monoisotopic (exact) mass is 540 g/mol. The lowest BCUT2D eigenvalue weighted by atomic mass is 9.87. The van der Waals surface area contributed by atoms with Gasteiger partial charge in [-0.05, 0) is 59.5 Å². The van der Waals surface area contributed by atoms with E-state index in [1.54, 1.807) is 24.3 Å². The molecular formula is C29H23F3O7. The van der Waals surface area contributed by atoms with Crippen molar-refractivity contribution >= 4 is 22.9 Å². The van der Waals surface area contributed by atoms with Crippen molar-refractivity contribution in [3.8, 4) is 17.2 Å². The maximum absolute atomic E-state index is 13.9. The summed E-state index contributed by atoms with van der Waals surface area (Å²) in [4.78, 5) is 37.2. The number of hydrogen-bond acceptors (Lipinski definition) is 7. The molecule has 4 rings (SSSR count). The highest BCUT2D eigenvalue weighted by atomic mass is 19.4. The third-order valence-corrected chi connectivity index (χ3v) is 5.77. The van der Waals surface area contributed by atoms with Crippen molar-refractivity contribution in [3.05, 3.63) is 99.4 Å². The number of fused-ring (bicyclic) bond motifs is 1. The first-order valence-electron chi connectivity index (χ1n) is 11.6. The van der Waals surface area contributed by atoms with E-state index in [1.807, 2.05) is 20.8 Å². The fourth-order valence-corrected chi connectivity index (χ4v) is 3.67. The van der Waals surface area contributed by atoms with E-state index in [9.17, 15) is 27.6 Å². The van der Waals surface area contributed by atoms with Crippen LogP contribution in [0.4, 0.5) is 13.2 Å². The van der Waals surface area contributed by atoms with Gasteiger partial charge in [-0.2, -0.15) is 13.2 Å². The van der Waals surface area contributed by atoms with Crippen LogP contribution >= 0.6 is 0 Å². The number of benzene rings is 3. The van der Waals surface area contributed by atoms with Crippen molar-refractivity contribution in [1.29, 1.82) is 0 Å². The van der Waals surface area contributed by atoms with Gasteiger partial charge in [0.1, 0.15) is 17.1 Å². The number of halogens is 3. The van der Waals surface area contributed by atoms with Gasteiger partial charge in [-0.25, -0.2) is 9.59 Å². The van der Waals surface area contributed by atoms with Crippen LogP contribution < -0.4 is 14.9 Å². The van der Waals surface area contributed by atoms with Gasteiger partial charge in [-0.3, -0.25) is 4.79 Å². The van der Waals surface area contributed by atoms with Crippen LogP contribution in [0.5, 0.6) is 17.2 Å². The van der Waals surface area contributed by atoms with Gasteiger partial charge in [-0.15, -0.1) is 0 Å². The molecule has 10 heteroatoms. The van der Waals surface area contributed by atoms with Gasteiger partial charge in [0, 0.05) is 6.07 Å². The highest BCUT2D eigenvalue weighted by Gasteiger charge is 2.40. The van der Waals surface area contributed by atoms with Gasteiger partial charge in [0.2, 0.25) is 11.2 Å². The van der Waals surface area contributed by atoms with Crippen LogP contribution in [0.2, 0.25) is 0 Å². The Kier molecular flexibility index (Phi) is 7.23. The summed E-state index contributed by atoms with van der Waals surface area (Å²) in [7, 11) is 1.18. The van der Waals surface area contributed by atoms with E-state index in [4.69, 9.17) is 13.9 Å². The molecule has 0 atom stereocenters. The summed E-state index contributed by atoms with van der Waals surface area (Å²) in [6, 6.07) is 15.2. The zero-order valence-corrected chi connectivity index (χ0v) is 21.3. The minimum atomic E-state index is -5.09. The summed E-state index contributed by atoms with van der Waals surface area (Å²) >= 11 is 0. The lowest BCUT2D eigenvalue weighted by molar-refractivity contribution is -0.154. The molecule has 0 aliphatic carbocycles. The molecule has 0 fully saturated rings. The van der Waals surface area contributed by atoms with Gasteiger partial charge in [0.15, 0.2) is 0 Å². The van der Waals surface area contributed by atoms with E-state index in [1.165, 1.54) is 43.5 Å². The summed E-state index contributed by atoms with van der Waals surface area (Å²) in [6.07, 6.45) is -5.09. The molecule has 3 aromatic carbocycles. The Morgan fingerprint density at radius 2 is 1.36 bits per heavy atom. The molecule has 0 amide bonds. The predicted molar refractivity (Wildman–Crippen MR) is 135 cm³/mol. The van der Waals surface area contributed by atoms with Crippen LogP contribution in [0, 0.1) is 0 Å². The number of rotatable bonds is 5. The summed E-state index contributed by atoms with van der Waals surface area (Å²) in [5, 5.41) is -0.224. The Labute approximate surface area is 220 Å². The minimum Gasteiger partial charge on any atom is -0.465 e. The van der Waals surface area contributed by atoms with Crippen LogP contribution in [-0.4, -0.2) is 19.0 Å². The normalized spacial score (nSPS) is 11.8. The number of ether oxygens (including phenoxy) is 3. The molecule has 1 aromatic heterocycles. The molecular weight excluding hydrogens is 517 g/mol. The molecule has 4 aromatic rings. The van der Waals surface area contributed by atoms with E-state index in [0.29, 0.717) is 0 Å². The second-order valence-electron chi connectivity index (χ2n) is 9.58. The van der Waals surface area contributed by atoms with Crippen molar-refractivity contribution < 1.29 is 41.4 Å². The maximum atomic E-state index is 13.9. The Bertz CT molecular complexity index is 1590. The van der Waals surface area contributed by atoms with Crippen LogP contribution in [0.25, 0.3) is 11.0 Å². The number of esters is 2. The van der Waals surface area contributed by atoms with Crippen molar-refractivity contribution in [1.82, 2.24) is 0 Å². The molecule has 39 heavy (non-hydrogen) atoms. The van der Waals surface area contributed by atoms with Gasteiger partial charge in [-0.1, -0.05) is 32.9 Å². The molecule has 7 nitrogen and oxygen atoms in total. The van der Waals surface area contributed by atoms with Crippen molar-refractivity contribution in [2.24, 2.45) is 0 Å². The van der Waals surface area contributed by atoms with E-state index in [-0.39, 0.29) is 33.4 Å². The fourth-order valence-electron chi connectivity index (χ4n) is 3.67.